The number of hydrogen-bond donors (Lipinski definition) is 0. The van der Waals surface area contributed by atoms with Crippen LogP contribution in [0.2, 0.25) is 0 Å². The van der Waals surface area contributed by atoms with Gasteiger partial charge in [-0.1, -0.05) is 30.3 Å². The molecule has 2 aromatic rings. The van der Waals surface area contributed by atoms with Gasteiger partial charge in [0.1, 0.15) is 5.75 Å². The maximum Gasteiger partial charge on any atom is 0.193 e. The highest BCUT2D eigenvalue weighted by atomic mass is 16.5. The molecule has 86 valence electrons. The topological polar surface area (TPSA) is 26.3 Å². The van der Waals surface area contributed by atoms with Gasteiger partial charge in [0.25, 0.3) is 0 Å². The fraction of sp³-hybridized carbons (Fsp3) is 0.133. The second kappa shape index (κ2) is 4.83. The number of carbonyl (C=O) groups excluding carboxylic acids is 1. The first-order chi connectivity index (χ1) is 8.22. The maximum absolute atomic E-state index is 12.2. The van der Waals surface area contributed by atoms with E-state index in [0.717, 1.165) is 16.9 Å². The maximum atomic E-state index is 12.2. The van der Waals surface area contributed by atoms with Gasteiger partial charge in [-0.25, -0.2) is 0 Å². The molecule has 0 unspecified atom stereocenters. The Labute approximate surface area is 101 Å². The van der Waals surface area contributed by atoms with Crippen LogP contribution in [0.5, 0.6) is 5.75 Å². The molecule has 2 nitrogen and oxygen atoms in total. The van der Waals surface area contributed by atoms with Gasteiger partial charge >= 0.3 is 0 Å². The van der Waals surface area contributed by atoms with Gasteiger partial charge < -0.3 is 4.74 Å². The minimum absolute atomic E-state index is 0.0470. The lowest BCUT2D eigenvalue weighted by molar-refractivity contribution is 0.103. The van der Waals surface area contributed by atoms with E-state index in [1.165, 1.54) is 0 Å². The Balaban J connectivity index is 2.38. The van der Waals surface area contributed by atoms with Crippen LogP contribution >= 0.6 is 0 Å². The van der Waals surface area contributed by atoms with E-state index < -0.39 is 0 Å². The molecular weight excluding hydrogens is 212 g/mol. The standard InChI is InChI=1S/C15H14O2/c1-11-10-13(17-2)8-9-14(11)15(16)12-6-4-3-5-7-12/h3-10H,1-2H3. The Kier molecular flexibility index (Phi) is 3.24. The van der Waals surface area contributed by atoms with E-state index in [1.807, 2.05) is 55.5 Å². The van der Waals surface area contributed by atoms with Crippen LogP contribution in [0.25, 0.3) is 0 Å². The average molecular weight is 226 g/mol. The highest BCUT2D eigenvalue weighted by Crippen LogP contribution is 2.19. The van der Waals surface area contributed by atoms with Crippen LogP contribution in [0, 0.1) is 6.92 Å². The predicted molar refractivity (Wildman–Crippen MR) is 67.6 cm³/mol. The Morgan fingerprint density at radius 3 is 2.35 bits per heavy atom. The molecule has 0 spiro atoms. The van der Waals surface area contributed by atoms with Crippen LogP contribution in [0.15, 0.2) is 48.5 Å². The highest BCUT2D eigenvalue weighted by molar-refractivity contribution is 6.09. The SMILES string of the molecule is COc1ccc(C(=O)c2ccccc2)c(C)c1. The lowest BCUT2D eigenvalue weighted by Gasteiger charge is -2.07. The van der Waals surface area contributed by atoms with E-state index in [1.54, 1.807) is 7.11 Å². The van der Waals surface area contributed by atoms with E-state index in [0.29, 0.717) is 5.56 Å². The number of aryl methyl sites for hydroxylation is 1. The van der Waals surface area contributed by atoms with Gasteiger partial charge in [-0.3, -0.25) is 4.79 Å². The van der Waals surface area contributed by atoms with E-state index >= 15 is 0 Å². The summed E-state index contributed by atoms with van der Waals surface area (Å²) in [6.07, 6.45) is 0. The van der Waals surface area contributed by atoms with Crippen LogP contribution in [-0.4, -0.2) is 12.9 Å². The minimum Gasteiger partial charge on any atom is -0.497 e. The molecule has 0 N–H and O–H groups in total. The van der Waals surface area contributed by atoms with E-state index in [-0.39, 0.29) is 5.78 Å². The third kappa shape index (κ3) is 2.36. The molecule has 0 radical (unpaired) electrons. The number of ether oxygens (including phenoxy) is 1. The zero-order valence-electron chi connectivity index (χ0n) is 9.94. The van der Waals surface area contributed by atoms with Crippen molar-refractivity contribution in [2.24, 2.45) is 0 Å². The lowest BCUT2D eigenvalue weighted by atomic mass is 9.99. The van der Waals surface area contributed by atoms with Crippen molar-refractivity contribution < 1.29 is 9.53 Å². The average Bonchev–Trinajstić information content (AvgIpc) is 2.39. The van der Waals surface area contributed by atoms with Gasteiger partial charge in [-0.15, -0.1) is 0 Å². The molecule has 0 fully saturated rings. The highest BCUT2D eigenvalue weighted by Gasteiger charge is 2.11. The second-order valence-corrected chi connectivity index (χ2v) is 3.88. The summed E-state index contributed by atoms with van der Waals surface area (Å²) in [5.74, 6) is 0.817. The minimum atomic E-state index is 0.0470. The molecule has 0 heterocycles. The van der Waals surface area contributed by atoms with Crippen LogP contribution in [-0.2, 0) is 0 Å². The molecule has 0 aliphatic heterocycles. The van der Waals surface area contributed by atoms with Crippen molar-refractivity contribution in [3.8, 4) is 5.75 Å². The van der Waals surface area contributed by atoms with Crippen molar-refractivity contribution in [2.75, 3.05) is 7.11 Å². The third-order valence-electron chi connectivity index (χ3n) is 2.71. The van der Waals surface area contributed by atoms with Crippen molar-refractivity contribution in [1.82, 2.24) is 0 Å². The Bertz CT molecular complexity index is 530. The smallest absolute Gasteiger partial charge is 0.193 e. The number of carbonyl (C=O) groups is 1. The van der Waals surface area contributed by atoms with Gasteiger partial charge in [0.15, 0.2) is 5.78 Å². The fourth-order valence-electron chi connectivity index (χ4n) is 1.76. The second-order valence-electron chi connectivity index (χ2n) is 3.88. The zero-order chi connectivity index (χ0) is 12.3. The third-order valence-corrected chi connectivity index (χ3v) is 2.71. The molecule has 0 saturated heterocycles. The molecule has 2 heteroatoms. The molecule has 0 bridgehead atoms. The molecule has 17 heavy (non-hydrogen) atoms. The summed E-state index contributed by atoms with van der Waals surface area (Å²) in [4.78, 5) is 12.2. The van der Waals surface area contributed by atoms with Gasteiger partial charge in [-0.2, -0.15) is 0 Å². The molecule has 0 atom stereocenters. The van der Waals surface area contributed by atoms with Crippen LogP contribution in [0.4, 0.5) is 0 Å². The van der Waals surface area contributed by atoms with Crippen molar-refractivity contribution in [1.29, 1.82) is 0 Å². The summed E-state index contributed by atoms with van der Waals surface area (Å²) in [7, 11) is 1.62. The largest absolute Gasteiger partial charge is 0.497 e. The van der Waals surface area contributed by atoms with Crippen molar-refractivity contribution >= 4 is 5.78 Å². The van der Waals surface area contributed by atoms with E-state index in [4.69, 9.17) is 4.74 Å². The van der Waals surface area contributed by atoms with Gasteiger partial charge in [0.2, 0.25) is 0 Å². The Hall–Kier alpha value is -2.09. The zero-order valence-corrected chi connectivity index (χ0v) is 9.94. The van der Waals surface area contributed by atoms with Crippen LogP contribution in [0.1, 0.15) is 21.5 Å². The Morgan fingerprint density at radius 2 is 1.76 bits per heavy atom. The van der Waals surface area contributed by atoms with Gasteiger partial charge in [0, 0.05) is 11.1 Å². The quantitative estimate of drug-likeness (QED) is 0.751. The number of benzene rings is 2. The molecule has 0 saturated carbocycles. The summed E-state index contributed by atoms with van der Waals surface area (Å²) in [6, 6.07) is 14.8. The molecule has 2 rings (SSSR count). The summed E-state index contributed by atoms with van der Waals surface area (Å²) < 4.78 is 5.12. The summed E-state index contributed by atoms with van der Waals surface area (Å²) in [6.45, 7) is 1.92. The molecule has 0 aromatic heterocycles. The molecule has 0 amide bonds. The normalized spacial score (nSPS) is 10.0. The number of methoxy groups -OCH3 is 1. The molecule has 0 aliphatic carbocycles. The van der Waals surface area contributed by atoms with Crippen LogP contribution in [0.3, 0.4) is 0 Å². The fourth-order valence-corrected chi connectivity index (χ4v) is 1.76. The van der Waals surface area contributed by atoms with Crippen molar-refractivity contribution in [3.63, 3.8) is 0 Å². The first kappa shape index (κ1) is 11.4. The van der Waals surface area contributed by atoms with Crippen LogP contribution < -0.4 is 4.74 Å². The van der Waals surface area contributed by atoms with E-state index in [2.05, 4.69) is 0 Å². The monoisotopic (exact) mass is 226 g/mol. The number of hydrogen-bond acceptors (Lipinski definition) is 2. The Morgan fingerprint density at radius 1 is 1.06 bits per heavy atom. The van der Waals surface area contributed by atoms with E-state index in [9.17, 15) is 4.79 Å². The lowest BCUT2D eigenvalue weighted by Crippen LogP contribution is -2.03. The summed E-state index contributed by atoms with van der Waals surface area (Å²) in [5, 5.41) is 0. The molecule has 2 aromatic carbocycles. The molecular formula is C15H14O2. The summed E-state index contributed by atoms with van der Waals surface area (Å²) in [5.41, 5.74) is 2.36. The first-order valence-electron chi connectivity index (χ1n) is 5.47. The summed E-state index contributed by atoms with van der Waals surface area (Å²) >= 11 is 0. The predicted octanol–water partition coefficient (Wildman–Crippen LogP) is 3.23. The number of ketones is 1. The molecule has 0 aliphatic rings. The van der Waals surface area contributed by atoms with Crippen molar-refractivity contribution in [2.45, 2.75) is 6.92 Å². The first-order valence-corrected chi connectivity index (χ1v) is 5.47. The number of rotatable bonds is 3. The van der Waals surface area contributed by atoms with Crippen molar-refractivity contribution in [3.05, 3.63) is 65.2 Å². The van der Waals surface area contributed by atoms with Gasteiger partial charge in [-0.05, 0) is 30.7 Å². The van der Waals surface area contributed by atoms with Gasteiger partial charge in [0.05, 0.1) is 7.11 Å².